The number of benzene rings is 1. The van der Waals surface area contributed by atoms with Crippen LogP contribution in [0.4, 0.5) is 10.6 Å². The maximum atomic E-state index is 11.8. The number of nitrogens with zero attached hydrogens (tertiary/aromatic N) is 1. The summed E-state index contributed by atoms with van der Waals surface area (Å²) < 4.78 is 4.93. The molecular formula is C19H22N4O4. The van der Waals surface area contributed by atoms with Gasteiger partial charge in [0.2, 0.25) is 11.8 Å². The van der Waals surface area contributed by atoms with E-state index in [0.717, 1.165) is 16.8 Å². The molecule has 0 radical (unpaired) electrons. The molecule has 1 heterocycles. The second-order valence-electron chi connectivity index (χ2n) is 5.91. The van der Waals surface area contributed by atoms with Gasteiger partial charge in [-0.3, -0.25) is 14.9 Å². The zero-order valence-corrected chi connectivity index (χ0v) is 15.2. The average Bonchev–Trinajstić information content (AvgIpc) is 2.63. The van der Waals surface area contributed by atoms with Crippen LogP contribution in [0.5, 0.6) is 0 Å². The van der Waals surface area contributed by atoms with Crippen LogP contribution in [0.15, 0.2) is 42.5 Å². The highest BCUT2D eigenvalue weighted by atomic mass is 16.5. The molecule has 3 amide bonds. The van der Waals surface area contributed by atoms with Crippen molar-refractivity contribution < 1.29 is 19.1 Å². The molecule has 0 unspecified atom stereocenters. The fourth-order valence-electron chi connectivity index (χ4n) is 2.26. The molecule has 142 valence electrons. The van der Waals surface area contributed by atoms with E-state index in [1.165, 1.54) is 0 Å². The third-order valence-electron chi connectivity index (χ3n) is 3.43. The third-order valence-corrected chi connectivity index (χ3v) is 3.43. The van der Waals surface area contributed by atoms with Gasteiger partial charge in [0.15, 0.2) is 0 Å². The van der Waals surface area contributed by atoms with Crippen molar-refractivity contribution in [2.75, 3.05) is 18.4 Å². The van der Waals surface area contributed by atoms with Gasteiger partial charge in [-0.05, 0) is 37.1 Å². The molecule has 8 nitrogen and oxygen atoms in total. The number of pyridine rings is 1. The van der Waals surface area contributed by atoms with E-state index >= 15 is 0 Å². The van der Waals surface area contributed by atoms with E-state index in [4.69, 9.17) is 4.74 Å². The van der Waals surface area contributed by atoms with E-state index in [1.54, 1.807) is 12.1 Å². The van der Waals surface area contributed by atoms with Crippen molar-refractivity contribution in [1.29, 1.82) is 0 Å². The number of carbonyl (C=O) groups is 3. The summed E-state index contributed by atoms with van der Waals surface area (Å²) >= 11 is 0. The summed E-state index contributed by atoms with van der Waals surface area (Å²) in [7, 11) is 0. The number of ether oxygens (including phenoxy) is 1. The van der Waals surface area contributed by atoms with E-state index in [0.29, 0.717) is 5.82 Å². The van der Waals surface area contributed by atoms with E-state index in [-0.39, 0.29) is 19.7 Å². The second kappa shape index (κ2) is 9.91. The zero-order chi connectivity index (χ0) is 19.6. The van der Waals surface area contributed by atoms with Crippen LogP contribution in [0.1, 0.15) is 16.8 Å². The monoisotopic (exact) mass is 370 g/mol. The summed E-state index contributed by atoms with van der Waals surface area (Å²) in [5.74, 6) is -0.480. The van der Waals surface area contributed by atoms with Crippen LogP contribution in [-0.2, 0) is 20.9 Å². The molecule has 2 rings (SSSR count). The Kier molecular flexibility index (Phi) is 7.30. The minimum absolute atomic E-state index is 0.0401. The molecule has 8 heteroatoms. The number of anilines is 1. The number of aryl methyl sites for hydroxylation is 2. The Morgan fingerprint density at radius 1 is 1.00 bits per heavy atom. The SMILES string of the molecule is Cc1cc(C)nc(NCC(=O)NCC(=O)NC(=O)OCc2ccccc2)c1. The fraction of sp³-hybridized carbons (Fsp3) is 0.263. The van der Waals surface area contributed by atoms with E-state index < -0.39 is 17.9 Å². The van der Waals surface area contributed by atoms with Gasteiger partial charge in [-0.1, -0.05) is 30.3 Å². The molecule has 2 aromatic rings. The highest BCUT2D eigenvalue weighted by molar-refractivity contribution is 5.95. The van der Waals surface area contributed by atoms with Crippen LogP contribution >= 0.6 is 0 Å². The van der Waals surface area contributed by atoms with E-state index in [9.17, 15) is 14.4 Å². The molecule has 0 saturated carbocycles. The van der Waals surface area contributed by atoms with Gasteiger partial charge in [-0.25, -0.2) is 9.78 Å². The molecule has 0 aliphatic heterocycles. The number of rotatable bonds is 7. The van der Waals surface area contributed by atoms with Crippen LogP contribution in [0.2, 0.25) is 0 Å². The lowest BCUT2D eigenvalue weighted by Gasteiger charge is -2.09. The van der Waals surface area contributed by atoms with Crippen molar-refractivity contribution in [3.63, 3.8) is 0 Å². The van der Waals surface area contributed by atoms with Crippen molar-refractivity contribution in [3.05, 3.63) is 59.3 Å². The van der Waals surface area contributed by atoms with Gasteiger partial charge in [-0.2, -0.15) is 0 Å². The number of imide groups is 1. The molecule has 0 bridgehead atoms. The van der Waals surface area contributed by atoms with Gasteiger partial charge >= 0.3 is 6.09 Å². The Bertz CT molecular complexity index is 788. The quantitative estimate of drug-likeness (QED) is 0.684. The predicted octanol–water partition coefficient (Wildman–Crippen LogP) is 1.68. The van der Waals surface area contributed by atoms with Gasteiger partial charge in [0.05, 0.1) is 13.1 Å². The van der Waals surface area contributed by atoms with Crippen molar-refractivity contribution in [2.45, 2.75) is 20.5 Å². The smallest absolute Gasteiger partial charge is 0.414 e. The van der Waals surface area contributed by atoms with Crippen molar-refractivity contribution in [2.24, 2.45) is 0 Å². The Balaban J connectivity index is 1.65. The number of amides is 3. The van der Waals surface area contributed by atoms with Gasteiger partial charge in [-0.15, -0.1) is 0 Å². The molecular weight excluding hydrogens is 348 g/mol. The Morgan fingerprint density at radius 3 is 2.44 bits per heavy atom. The molecule has 1 aromatic heterocycles. The molecule has 1 aromatic carbocycles. The first-order valence-electron chi connectivity index (χ1n) is 8.39. The van der Waals surface area contributed by atoms with Crippen LogP contribution in [0.3, 0.4) is 0 Å². The number of nitrogens with one attached hydrogen (secondary N) is 3. The summed E-state index contributed by atoms with van der Waals surface area (Å²) in [6.07, 6.45) is -0.865. The van der Waals surface area contributed by atoms with Gasteiger partial charge in [0.1, 0.15) is 12.4 Å². The summed E-state index contributed by atoms with van der Waals surface area (Å²) in [5.41, 5.74) is 2.67. The number of aromatic nitrogens is 1. The second-order valence-corrected chi connectivity index (χ2v) is 5.91. The normalized spacial score (nSPS) is 10.0. The van der Waals surface area contributed by atoms with Gasteiger partial charge in [0, 0.05) is 5.69 Å². The summed E-state index contributed by atoms with van der Waals surface area (Å²) in [4.78, 5) is 39.3. The van der Waals surface area contributed by atoms with Crippen LogP contribution in [0.25, 0.3) is 0 Å². The standard InChI is InChI=1S/C19H22N4O4/c1-13-8-14(2)22-16(9-13)20-10-17(24)21-11-18(25)23-19(26)27-12-15-6-4-3-5-7-15/h3-9H,10-12H2,1-2H3,(H,20,22)(H,21,24)(H,23,25,26). The zero-order valence-electron chi connectivity index (χ0n) is 15.2. The largest absolute Gasteiger partial charge is 0.444 e. The molecule has 0 spiro atoms. The number of hydrogen-bond acceptors (Lipinski definition) is 6. The fourth-order valence-corrected chi connectivity index (χ4v) is 2.26. The Hall–Kier alpha value is -3.42. The molecule has 0 atom stereocenters. The molecule has 0 aliphatic carbocycles. The lowest BCUT2D eigenvalue weighted by Crippen LogP contribution is -2.41. The van der Waals surface area contributed by atoms with Crippen molar-refractivity contribution in [1.82, 2.24) is 15.6 Å². The number of hydrogen-bond donors (Lipinski definition) is 3. The van der Waals surface area contributed by atoms with Crippen LogP contribution < -0.4 is 16.0 Å². The molecule has 0 saturated heterocycles. The van der Waals surface area contributed by atoms with Crippen LogP contribution in [0, 0.1) is 13.8 Å². The van der Waals surface area contributed by atoms with E-state index in [2.05, 4.69) is 15.6 Å². The molecule has 3 N–H and O–H groups in total. The first kappa shape index (κ1) is 19.9. The van der Waals surface area contributed by atoms with Crippen molar-refractivity contribution >= 4 is 23.7 Å². The van der Waals surface area contributed by atoms with Gasteiger partial charge in [0.25, 0.3) is 0 Å². The first-order valence-corrected chi connectivity index (χ1v) is 8.39. The summed E-state index contributed by atoms with van der Waals surface area (Å²) in [6.45, 7) is 3.47. The minimum atomic E-state index is -0.865. The maximum absolute atomic E-state index is 11.8. The Labute approximate surface area is 157 Å². The minimum Gasteiger partial charge on any atom is -0.444 e. The topological polar surface area (TPSA) is 109 Å². The lowest BCUT2D eigenvalue weighted by atomic mass is 10.2. The summed E-state index contributed by atoms with van der Waals surface area (Å²) in [6, 6.07) is 12.8. The van der Waals surface area contributed by atoms with Crippen LogP contribution in [-0.4, -0.2) is 36.0 Å². The van der Waals surface area contributed by atoms with E-state index in [1.807, 2.05) is 49.5 Å². The lowest BCUT2D eigenvalue weighted by molar-refractivity contribution is -0.124. The predicted molar refractivity (Wildman–Crippen MR) is 100.0 cm³/mol. The number of carbonyl (C=O) groups excluding carboxylic acids is 3. The summed E-state index contributed by atoms with van der Waals surface area (Å²) in [5, 5.41) is 7.34. The molecule has 0 fully saturated rings. The molecule has 27 heavy (non-hydrogen) atoms. The average molecular weight is 370 g/mol. The highest BCUT2D eigenvalue weighted by Crippen LogP contribution is 2.08. The van der Waals surface area contributed by atoms with Gasteiger partial charge < -0.3 is 15.4 Å². The third kappa shape index (κ3) is 7.55. The number of alkyl carbamates (subject to hydrolysis) is 1. The van der Waals surface area contributed by atoms with Crippen molar-refractivity contribution in [3.8, 4) is 0 Å². The Morgan fingerprint density at radius 2 is 1.74 bits per heavy atom. The molecule has 0 aliphatic rings. The first-order chi connectivity index (χ1) is 12.9. The maximum Gasteiger partial charge on any atom is 0.414 e. The highest BCUT2D eigenvalue weighted by Gasteiger charge is 2.11.